The third-order valence-electron chi connectivity index (χ3n) is 5.63. The summed E-state index contributed by atoms with van der Waals surface area (Å²) in [5, 5.41) is 11.9. The van der Waals surface area contributed by atoms with Gasteiger partial charge in [0.25, 0.3) is 11.7 Å². The van der Waals surface area contributed by atoms with E-state index in [4.69, 9.17) is 0 Å². The molecule has 1 fully saturated rings. The van der Waals surface area contributed by atoms with Gasteiger partial charge in [-0.25, -0.2) is 4.39 Å². The van der Waals surface area contributed by atoms with Crippen molar-refractivity contribution in [3.8, 4) is 0 Å². The van der Waals surface area contributed by atoms with E-state index in [1.165, 1.54) is 29.2 Å². The quantitative estimate of drug-likeness (QED) is 0.288. The number of benzene rings is 2. The minimum absolute atomic E-state index is 0.0395. The molecule has 1 saturated heterocycles. The lowest BCUT2D eigenvalue weighted by atomic mass is 9.95. The van der Waals surface area contributed by atoms with Gasteiger partial charge in [0.2, 0.25) is 0 Å². The van der Waals surface area contributed by atoms with Gasteiger partial charge < -0.3 is 15.0 Å². The van der Waals surface area contributed by atoms with Crippen LogP contribution >= 0.6 is 0 Å². The second-order valence-corrected chi connectivity index (χ2v) is 7.54. The number of amides is 1. The Bertz CT molecular complexity index is 1360. The number of aliphatic hydroxyl groups is 1. The monoisotopic (exact) mass is 427 g/mol. The molecular weight excluding hydrogens is 409 g/mol. The average molecular weight is 427 g/mol. The van der Waals surface area contributed by atoms with Crippen molar-refractivity contribution in [2.24, 2.45) is 0 Å². The molecule has 1 aliphatic heterocycles. The lowest BCUT2D eigenvalue weighted by Gasteiger charge is -2.24. The normalized spacial score (nSPS) is 17.9. The minimum Gasteiger partial charge on any atom is -0.507 e. The molecule has 32 heavy (non-hydrogen) atoms. The number of pyridine rings is 1. The summed E-state index contributed by atoms with van der Waals surface area (Å²) < 4.78 is 13.4. The molecule has 0 bridgehead atoms. The number of fused-ring (bicyclic) bond motifs is 1. The third kappa shape index (κ3) is 3.24. The highest BCUT2D eigenvalue weighted by atomic mass is 19.1. The van der Waals surface area contributed by atoms with E-state index in [9.17, 15) is 19.1 Å². The Balaban J connectivity index is 1.71. The highest BCUT2D eigenvalue weighted by Crippen LogP contribution is 2.42. The second kappa shape index (κ2) is 7.77. The summed E-state index contributed by atoms with van der Waals surface area (Å²) in [4.78, 5) is 35.1. The first-order chi connectivity index (χ1) is 15.5. The number of carbonyl (C=O) groups is 2. The van der Waals surface area contributed by atoms with Crippen LogP contribution in [0.3, 0.4) is 0 Å². The van der Waals surface area contributed by atoms with Gasteiger partial charge in [-0.05, 0) is 42.5 Å². The number of aromatic amines is 1. The number of ketones is 1. The summed E-state index contributed by atoms with van der Waals surface area (Å²) in [6.45, 7) is 0.0930. The van der Waals surface area contributed by atoms with Crippen LogP contribution in [0, 0.1) is 5.82 Å². The summed E-state index contributed by atoms with van der Waals surface area (Å²) in [6.07, 6.45) is 3.36. The summed E-state index contributed by atoms with van der Waals surface area (Å²) in [5.74, 6) is -2.33. The molecule has 0 radical (unpaired) electrons. The Morgan fingerprint density at radius 3 is 2.53 bits per heavy atom. The fourth-order valence-corrected chi connectivity index (χ4v) is 4.12. The standard InChI is InChI=1S/C25H18FN3O3/c26-16-10-8-15(9-11-16)23(30)21-22(19-13-28-20-7-2-1-6-18(19)20)29(25(32)24(21)31)14-17-5-3-4-12-27-17/h1-13,22,28,30H,14H2/b23-21+. The van der Waals surface area contributed by atoms with E-state index in [0.717, 1.165) is 10.9 Å². The van der Waals surface area contributed by atoms with Crippen molar-refractivity contribution in [2.75, 3.05) is 0 Å². The number of para-hydroxylation sites is 1. The van der Waals surface area contributed by atoms with Crippen molar-refractivity contribution in [3.63, 3.8) is 0 Å². The van der Waals surface area contributed by atoms with Crippen molar-refractivity contribution in [3.05, 3.63) is 107 Å². The van der Waals surface area contributed by atoms with Gasteiger partial charge in [0, 0.05) is 34.4 Å². The molecule has 2 aromatic heterocycles. The number of aliphatic hydroxyl groups excluding tert-OH is 1. The maximum Gasteiger partial charge on any atom is 0.296 e. The van der Waals surface area contributed by atoms with E-state index in [2.05, 4.69) is 9.97 Å². The van der Waals surface area contributed by atoms with E-state index in [1.54, 1.807) is 30.6 Å². The highest BCUT2D eigenvalue weighted by molar-refractivity contribution is 6.46. The van der Waals surface area contributed by atoms with Crippen molar-refractivity contribution >= 4 is 28.4 Å². The van der Waals surface area contributed by atoms with Gasteiger partial charge in [-0.2, -0.15) is 0 Å². The van der Waals surface area contributed by atoms with Crippen LogP contribution in [-0.2, 0) is 16.1 Å². The molecule has 2 aromatic carbocycles. The first-order valence-electron chi connectivity index (χ1n) is 10.0. The number of Topliss-reactive ketones (excluding diaryl/α,β-unsaturated/α-hetero) is 1. The number of carbonyl (C=O) groups excluding carboxylic acids is 2. The number of hydrogen-bond donors (Lipinski definition) is 2. The Labute approximate surface area is 182 Å². The number of nitrogens with zero attached hydrogens (tertiary/aromatic N) is 2. The van der Waals surface area contributed by atoms with Gasteiger partial charge >= 0.3 is 0 Å². The second-order valence-electron chi connectivity index (χ2n) is 7.54. The lowest BCUT2D eigenvalue weighted by molar-refractivity contribution is -0.140. The number of aromatic nitrogens is 2. The van der Waals surface area contributed by atoms with Crippen LogP contribution in [0.2, 0.25) is 0 Å². The molecule has 3 heterocycles. The average Bonchev–Trinajstić information content (AvgIpc) is 3.34. The molecule has 4 aromatic rings. The molecule has 0 aliphatic carbocycles. The number of hydrogen-bond acceptors (Lipinski definition) is 4. The molecule has 1 atom stereocenters. The minimum atomic E-state index is -0.835. The van der Waals surface area contributed by atoms with Crippen molar-refractivity contribution in [1.29, 1.82) is 0 Å². The molecule has 1 unspecified atom stereocenters. The van der Waals surface area contributed by atoms with Crippen molar-refractivity contribution in [2.45, 2.75) is 12.6 Å². The van der Waals surface area contributed by atoms with Crippen molar-refractivity contribution < 1.29 is 19.1 Å². The van der Waals surface area contributed by atoms with Crippen LogP contribution in [-0.4, -0.2) is 31.7 Å². The molecule has 0 spiro atoms. The molecule has 7 heteroatoms. The van der Waals surface area contributed by atoms with Crippen LogP contribution in [0.5, 0.6) is 0 Å². The van der Waals surface area contributed by atoms with Gasteiger partial charge in [-0.3, -0.25) is 14.6 Å². The molecule has 6 nitrogen and oxygen atoms in total. The van der Waals surface area contributed by atoms with E-state index < -0.39 is 23.5 Å². The Morgan fingerprint density at radius 2 is 1.78 bits per heavy atom. The summed E-state index contributed by atoms with van der Waals surface area (Å²) >= 11 is 0. The number of likely N-dealkylation sites (tertiary alicyclic amines) is 1. The molecule has 5 rings (SSSR count). The first-order valence-corrected chi connectivity index (χ1v) is 10.0. The van der Waals surface area contributed by atoms with E-state index in [0.29, 0.717) is 11.3 Å². The van der Waals surface area contributed by atoms with Gasteiger partial charge in [0.15, 0.2) is 0 Å². The largest absolute Gasteiger partial charge is 0.507 e. The van der Waals surface area contributed by atoms with Gasteiger partial charge in [-0.1, -0.05) is 24.3 Å². The maximum atomic E-state index is 13.4. The van der Waals surface area contributed by atoms with E-state index in [-0.39, 0.29) is 23.4 Å². The van der Waals surface area contributed by atoms with Crippen LogP contribution in [0.25, 0.3) is 16.7 Å². The first kappa shape index (κ1) is 19.7. The van der Waals surface area contributed by atoms with Gasteiger partial charge in [-0.15, -0.1) is 0 Å². The predicted molar refractivity (Wildman–Crippen MR) is 117 cm³/mol. The number of rotatable bonds is 4. The molecule has 2 N–H and O–H groups in total. The number of H-pyrrole nitrogens is 1. The molecule has 0 saturated carbocycles. The predicted octanol–water partition coefficient (Wildman–Crippen LogP) is 4.32. The molecule has 158 valence electrons. The summed E-state index contributed by atoms with van der Waals surface area (Å²) in [5.41, 5.74) is 2.35. The van der Waals surface area contributed by atoms with Gasteiger partial charge in [0.05, 0.1) is 23.9 Å². The maximum absolute atomic E-state index is 13.4. The highest BCUT2D eigenvalue weighted by Gasteiger charge is 2.47. The summed E-state index contributed by atoms with van der Waals surface area (Å²) in [6, 6.07) is 17.2. The molecule has 1 aliphatic rings. The van der Waals surface area contributed by atoms with Crippen LogP contribution < -0.4 is 0 Å². The zero-order valence-electron chi connectivity index (χ0n) is 16.8. The number of halogens is 1. The summed E-state index contributed by atoms with van der Waals surface area (Å²) in [7, 11) is 0. The molecular formula is C25H18FN3O3. The zero-order chi connectivity index (χ0) is 22.2. The van der Waals surface area contributed by atoms with Crippen molar-refractivity contribution in [1.82, 2.24) is 14.9 Å². The number of nitrogens with one attached hydrogen (secondary N) is 1. The van der Waals surface area contributed by atoms with Gasteiger partial charge in [0.1, 0.15) is 11.6 Å². The third-order valence-corrected chi connectivity index (χ3v) is 5.63. The zero-order valence-corrected chi connectivity index (χ0v) is 16.8. The smallest absolute Gasteiger partial charge is 0.296 e. The van der Waals surface area contributed by atoms with E-state index >= 15 is 0 Å². The fourth-order valence-electron chi connectivity index (χ4n) is 4.12. The van der Waals surface area contributed by atoms with E-state index in [1.807, 2.05) is 24.3 Å². The van der Waals surface area contributed by atoms with Crippen LogP contribution in [0.1, 0.15) is 22.9 Å². The van der Waals surface area contributed by atoms with Crippen LogP contribution in [0.4, 0.5) is 4.39 Å². The van der Waals surface area contributed by atoms with Crippen LogP contribution in [0.15, 0.2) is 84.7 Å². The molecule has 1 amide bonds. The SMILES string of the molecule is O=C1C(=O)N(Cc2ccccn2)C(c2c[nH]c3ccccc23)/C1=C(\O)c1ccc(F)cc1. The Kier molecular flexibility index (Phi) is 4.78. The lowest BCUT2D eigenvalue weighted by Crippen LogP contribution is -2.29. The fraction of sp³-hybridized carbons (Fsp3) is 0.0800. The topological polar surface area (TPSA) is 86.3 Å². The Hall–Kier alpha value is -4.26. The Morgan fingerprint density at radius 1 is 1.03 bits per heavy atom.